The Morgan fingerprint density at radius 3 is 1.34 bits per heavy atom. The van der Waals surface area contributed by atoms with Crippen LogP contribution in [0, 0.1) is 0 Å². The minimum Gasteiger partial charge on any atom is -0.756 e. The number of esters is 2. The zero-order valence-electron chi connectivity index (χ0n) is 40.8. The summed E-state index contributed by atoms with van der Waals surface area (Å²) >= 11 is 0. The fraction of sp³-hybridized carbons (Fsp3) is 0.808. The van der Waals surface area contributed by atoms with Gasteiger partial charge < -0.3 is 27.9 Å². The van der Waals surface area contributed by atoms with Gasteiger partial charge in [0.1, 0.15) is 19.8 Å². The van der Waals surface area contributed by atoms with Gasteiger partial charge in [-0.2, -0.15) is 0 Å². The summed E-state index contributed by atoms with van der Waals surface area (Å²) in [4.78, 5) is 37.7. The van der Waals surface area contributed by atoms with Crippen LogP contribution >= 0.6 is 7.82 Å². The molecule has 2 atom stereocenters. The molecule has 0 spiro atoms. The second-order valence-corrected chi connectivity index (χ2v) is 19.6. The molecule has 1 unspecified atom stereocenters. The summed E-state index contributed by atoms with van der Waals surface area (Å²) in [5, 5.41) is 0. The minimum atomic E-state index is -4.64. The normalized spacial score (nSPS) is 13.8. The first-order valence-corrected chi connectivity index (χ1v) is 26.8. The van der Waals surface area contributed by atoms with Crippen molar-refractivity contribution in [3.63, 3.8) is 0 Å². The Kier molecular flexibility index (Phi) is 42.7. The number of hydrogen-bond donors (Lipinski definition) is 0. The van der Waals surface area contributed by atoms with Gasteiger partial charge in [-0.25, -0.2) is 0 Å². The monoisotopic (exact) mass is 894 g/mol. The van der Waals surface area contributed by atoms with Gasteiger partial charge in [-0.1, -0.05) is 178 Å². The van der Waals surface area contributed by atoms with Crippen LogP contribution in [-0.2, 0) is 32.7 Å². The number of likely N-dealkylation sites (N-methyl/N-ethyl adjacent to an activating group) is 1. The minimum absolute atomic E-state index is 0.0363. The Labute approximate surface area is 382 Å². The summed E-state index contributed by atoms with van der Waals surface area (Å²) in [6.45, 7) is 4.19. The molecule has 9 nitrogen and oxygen atoms in total. The molecule has 0 saturated carbocycles. The van der Waals surface area contributed by atoms with Crippen molar-refractivity contribution < 1.29 is 42.1 Å². The molecule has 362 valence electrons. The number of nitrogens with zero attached hydrogens (tertiary/aromatic N) is 1. The topological polar surface area (TPSA) is 111 Å². The predicted octanol–water partition coefficient (Wildman–Crippen LogP) is 14.4. The highest BCUT2D eigenvalue weighted by Gasteiger charge is 2.21. The fourth-order valence-corrected chi connectivity index (χ4v) is 7.56. The van der Waals surface area contributed by atoms with Crippen molar-refractivity contribution in [3.8, 4) is 0 Å². The van der Waals surface area contributed by atoms with E-state index in [1.54, 1.807) is 0 Å². The van der Waals surface area contributed by atoms with Gasteiger partial charge in [0.25, 0.3) is 7.82 Å². The Morgan fingerprint density at radius 2 is 0.871 bits per heavy atom. The molecule has 0 aliphatic rings. The maximum Gasteiger partial charge on any atom is 0.306 e. The van der Waals surface area contributed by atoms with Gasteiger partial charge >= 0.3 is 11.9 Å². The molecule has 0 radical (unpaired) electrons. The molecule has 0 aromatic rings. The molecule has 10 heteroatoms. The molecular weight excluding hydrogens is 798 g/mol. The van der Waals surface area contributed by atoms with Crippen molar-refractivity contribution in [3.05, 3.63) is 48.6 Å². The average molecular weight is 894 g/mol. The lowest BCUT2D eigenvalue weighted by Gasteiger charge is -2.28. The predicted molar refractivity (Wildman–Crippen MR) is 259 cm³/mol. The largest absolute Gasteiger partial charge is 0.756 e. The lowest BCUT2D eigenvalue weighted by atomic mass is 10.0. The number of carbonyl (C=O) groups is 2. The van der Waals surface area contributed by atoms with E-state index in [9.17, 15) is 19.0 Å². The van der Waals surface area contributed by atoms with E-state index in [1.165, 1.54) is 128 Å². The lowest BCUT2D eigenvalue weighted by Crippen LogP contribution is -2.37. The zero-order valence-corrected chi connectivity index (χ0v) is 41.7. The number of allylic oxidation sites excluding steroid dienone is 8. The van der Waals surface area contributed by atoms with Crippen molar-refractivity contribution in [1.82, 2.24) is 0 Å². The van der Waals surface area contributed by atoms with E-state index in [-0.39, 0.29) is 32.0 Å². The molecule has 0 fully saturated rings. The number of quaternary nitrogens is 1. The molecule has 62 heavy (non-hydrogen) atoms. The highest BCUT2D eigenvalue weighted by atomic mass is 31.2. The first-order valence-electron chi connectivity index (χ1n) is 25.3. The smallest absolute Gasteiger partial charge is 0.306 e. The second-order valence-electron chi connectivity index (χ2n) is 18.2. The van der Waals surface area contributed by atoms with E-state index < -0.39 is 26.5 Å². The highest BCUT2D eigenvalue weighted by Crippen LogP contribution is 2.38. The zero-order chi connectivity index (χ0) is 45.7. The lowest BCUT2D eigenvalue weighted by molar-refractivity contribution is -0.870. The Hall–Kier alpha value is -2.03. The number of phosphoric acid groups is 1. The van der Waals surface area contributed by atoms with E-state index >= 15 is 0 Å². The summed E-state index contributed by atoms with van der Waals surface area (Å²) in [6.07, 6.45) is 52.8. The first kappa shape index (κ1) is 60.0. The molecule has 0 N–H and O–H groups in total. The maximum absolute atomic E-state index is 12.7. The van der Waals surface area contributed by atoms with Gasteiger partial charge in [0.05, 0.1) is 27.7 Å². The van der Waals surface area contributed by atoms with Crippen molar-refractivity contribution in [2.24, 2.45) is 0 Å². The third-order valence-electron chi connectivity index (χ3n) is 10.8. The van der Waals surface area contributed by atoms with Crippen LogP contribution in [-0.4, -0.2) is 70.0 Å². The van der Waals surface area contributed by atoms with Gasteiger partial charge in [-0.15, -0.1) is 0 Å². The first-order chi connectivity index (χ1) is 30.0. The molecule has 0 rings (SSSR count). The Balaban J connectivity index is 4.28. The van der Waals surface area contributed by atoms with E-state index in [4.69, 9.17) is 18.5 Å². The van der Waals surface area contributed by atoms with Gasteiger partial charge in [0.15, 0.2) is 6.10 Å². The van der Waals surface area contributed by atoms with Crippen molar-refractivity contribution in [1.29, 1.82) is 0 Å². The summed E-state index contributed by atoms with van der Waals surface area (Å²) in [5.74, 6) is -0.857. The molecule has 0 amide bonds. The number of unbranched alkanes of at least 4 members (excludes halogenated alkanes) is 24. The van der Waals surface area contributed by atoms with Crippen LogP contribution < -0.4 is 4.89 Å². The maximum atomic E-state index is 12.7. The van der Waals surface area contributed by atoms with Crippen LogP contribution in [0.1, 0.15) is 219 Å². The Bertz CT molecular complexity index is 1190. The average Bonchev–Trinajstić information content (AvgIpc) is 3.23. The van der Waals surface area contributed by atoms with Gasteiger partial charge in [-0.3, -0.25) is 14.2 Å². The number of rotatable bonds is 46. The molecule has 0 aromatic heterocycles. The van der Waals surface area contributed by atoms with Crippen LogP contribution in [0.25, 0.3) is 0 Å². The van der Waals surface area contributed by atoms with Crippen LogP contribution in [0.15, 0.2) is 48.6 Å². The van der Waals surface area contributed by atoms with Crippen LogP contribution in [0.5, 0.6) is 0 Å². The van der Waals surface area contributed by atoms with E-state index in [0.717, 1.165) is 57.8 Å². The Morgan fingerprint density at radius 1 is 0.500 bits per heavy atom. The summed E-state index contributed by atoms with van der Waals surface area (Å²) in [5.41, 5.74) is 0. The number of ether oxygens (including phenoxy) is 2. The van der Waals surface area contributed by atoms with Crippen LogP contribution in [0.4, 0.5) is 0 Å². The third-order valence-corrected chi connectivity index (χ3v) is 11.8. The molecular formula is C52H96NO8P. The van der Waals surface area contributed by atoms with Crippen molar-refractivity contribution in [2.75, 3.05) is 47.5 Å². The molecule has 0 aromatic carbocycles. The van der Waals surface area contributed by atoms with Crippen molar-refractivity contribution in [2.45, 2.75) is 225 Å². The third kappa shape index (κ3) is 47.4. The quantitative estimate of drug-likeness (QED) is 0.0195. The van der Waals surface area contributed by atoms with Crippen molar-refractivity contribution >= 4 is 19.8 Å². The van der Waals surface area contributed by atoms with E-state index in [2.05, 4.69) is 62.5 Å². The SMILES string of the molecule is CCCCC/C=C\C/C=C\C/C=C\CCCCCCC(=O)O[C@H](COC(=O)CCCCCCCCCCCCC/C=C\CCCCCCCC)COP(=O)([O-])OCC[N+](C)(C)C. The molecule has 0 aliphatic heterocycles. The molecule has 0 saturated heterocycles. The molecule has 0 heterocycles. The van der Waals surface area contributed by atoms with Crippen LogP contribution in [0.2, 0.25) is 0 Å². The second kappa shape index (κ2) is 44.2. The fourth-order valence-electron chi connectivity index (χ4n) is 6.83. The summed E-state index contributed by atoms with van der Waals surface area (Å²) in [6, 6.07) is 0. The summed E-state index contributed by atoms with van der Waals surface area (Å²) < 4.78 is 34.0. The van der Waals surface area contributed by atoms with Gasteiger partial charge in [0.2, 0.25) is 0 Å². The summed E-state index contributed by atoms with van der Waals surface area (Å²) in [7, 11) is 1.15. The van der Waals surface area contributed by atoms with Gasteiger partial charge in [0, 0.05) is 12.8 Å². The number of hydrogen-bond acceptors (Lipinski definition) is 8. The van der Waals surface area contributed by atoms with E-state index in [0.29, 0.717) is 17.4 Å². The molecule has 0 bridgehead atoms. The number of carbonyl (C=O) groups excluding carboxylic acids is 2. The van der Waals surface area contributed by atoms with Gasteiger partial charge in [-0.05, 0) is 77.0 Å². The number of phosphoric ester groups is 1. The van der Waals surface area contributed by atoms with E-state index in [1.807, 2.05) is 21.1 Å². The molecule has 0 aliphatic carbocycles. The highest BCUT2D eigenvalue weighted by molar-refractivity contribution is 7.45. The standard InChI is InChI=1S/C52H96NO8P/c1-6-8-10-12-14-16-18-20-22-24-25-26-27-29-30-32-34-36-38-40-42-44-51(54)58-48-50(49-60-62(56,57)59-47-46-53(3,4)5)61-52(55)45-43-41-39-37-35-33-31-28-23-21-19-17-15-13-11-9-7-2/h15,17,20-23,31,33,50H,6-14,16,18-19,24-30,32,34-49H2,1-5H3/b17-15-,22-20-,23-21-,33-31-/t50-/m1/s1. The van der Waals surface area contributed by atoms with Crippen LogP contribution in [0.3, 0.4) is 0 Å².